The van der Waals surface area contributed by atoms with Crippen molar-refractivity contribution in [2.45, 2.75) is 6.36 Å². The minimum atomic E-state index is -4.78. The van der Waals surface area contributed by atoms with Gasteiger partial charge in [-0.1, -0.05) is 6.07 Å². The van der Waals surface area contributed by atoms with Crippen LogP contribution in [0.3, 0.4) is 0 Å². The van der Waals surface area contributed by atoms with Crippen molar-refractivity contribution in [2.75, 3.05) is 0 Å². The second kappa shape index (κ2) is 6.98. The highest BCUT2D eigenvalue weighted by Crippen LogP contribution is 2.30. The van der Waals surface area contributed by atoms with Gasteiger partial charge >= 0.3 is 6.36 Å². The molecule has 0 spiro atoms. The Morgan fingerprint density at radius 2 is 1.96 bits per heavy atom. The molecule has 0 radical (unpaired) electrons. The third-order valence-electron chi connectivity index (χ3n) is 2.95. The molecule has 1 fully saturated rings. The van der Waals surface area contributed by atoms with Gasteiger partial charge in [-0.05, 0) is 47.7 Å². The van der Waals surface area contributed by atoms with Gasteiger partial charge in [-0.15, -0.1) is 13.2 Å². The first-order chi connectivity index (χ1) is 11.9. The summed E-state index contributed by atoms with van der Waals surface area (Å²) in [6, 6.07) is 8.72. The van der Waals surface area contributed by atoms with Gasteiger partial charge < -0.3 is 10.1 Å². The summed E-state index contributed by atoms with van der Waals surface area (Å²) in [5.41, 5.74) is 1.04. The minimum Gasteiger partial charge on any atom is -0.406 e. The van der Waals surface area contributed by atoms with Crippen LogP contribution in [-0.4, -0.2) is 22.4 Å². The summed E-state index contributed by atoms with van der Waals surface area (Å²) in [6.07, 6.45) is 0.167. The van der Waals surface area contributed by atoms with Crippen molar-refractivity contribution in [3.05, 3.63) is 59.3 Å². The Bertz CT molecular complexity index is 851. The highest BCUT2D eigenvalue weighted by atomic mass is 32.2. The second-order valence-corrected chi connectivity index (χ2v) is 5.82. The zero-order chi connectivity index (χ0) is 17.9. The number of thioether (sulfide) groups is 1. The monoisotopic (exact) mass is 365 g/mol. The SMILES string of the molecule is O=C1NC(=Nc2cccc(OC(F)(F)F)c2)C(=Cc2ccncc2)S1. The summed E-state index contributed by atoms with van der Waals surface area (Å²) in [5.74, 6) is -0.123. The minimum absolute atomic E-state index is 0.222. The van der Waals surface area contributed by atoms with Gasteiger partial charge in [0.05, 0.1) is 10.6 Å². The van der Waals surface area contributed by atoms with Gasteiger partial charge in [0.25, 0.3) is 5.24 Å². The van der Waals surface area contributed by atoms with Crippen LogP contribution in [0.5, 0.6) is 5.75 Å². The van der Waals surface area contributed by atoms with Crippen LogP contribution >= 0.6 is 11.8 Å². The van der Waals surface area contributed by atoms with E-state index in [4.69, 9.17) is 0 Å². The molecule has 0 atom stereocenters. The lowest BCUT2D eigenvalue weighted by atomic mass is 10.2. The van der Waals surface area contributed by atoms with Crippen LogP contribution in [0, 0.1) is 0 Å². The van der Waals surface area contributed by atoms with Gasteiger partial charge in [0.1, 0.15) is 11.6 Å². The molecular weight excluding hydrogens is 355 g/mol. The van der Waals surface area contributed by atoms with Crippen molar-refractivity contribution in [1.29, 1.82) is 0 Å². The van der Waals surface area contributed by atoms with Crippen LogP contribution in [-0.2, 0) is 0 Å². The topological polar surface area (TPSA) is 63.6 Å². The molecule has 9 heteroatoms. The summed E-state index contributed by atoms with van der Waals surface area (Å²) in [6.45, 7) is 0. The number of ether oxygens (including phenoxy) is 1. The number of amidine groups is 1. The number of hydrogen-bond acceptors (Lipinski definition) is 5. The number of hydrogen-bond donors (Lipinski definition) is 1. The van der Waals surface area contributed by atoms with E-state index in [1.165, 1.54) is 18.2 Å². The molecule has 1 N–H and O–H groups in total. The quantitative estimate of drug-likeness (QED) is 0.869. The van der Waals surface area contributed by atoms with E-state index in [0.29, 0.717) is 4.91 Å². The third kappa shape index (κ3) is 4.83. The van der Waals surface area contributed by atoms with Crippen LogP contribution in [0.15, 0.2) is 58.7 Å². The Labute approximate surface area is 144 Å². The van der Waals surface area contributed by atoms with E-state index in [0.717, 1.165) is 23.4 Å². The molecule has 1 aliphatic heterocycles. The zero-order valence-electron chi connectivity index (χ0n) is 12.4. The van der Waals surface area contributed by atoms with Crippen LogP contribution in [0.1, 0.15) is 5.56 Å². The van der Waals surface area contributed by atoms with Crippen LogP contribution < -0.4 is 10.1 Å². The number of nitrogens with zero attached hydrogens (tertiary/aromatic N) is 2. The largest absolute Gasteiger partial charge is 0.573 e. The van der Waals surface area contributed by atoms with Gasteiger partial charge in [-0.3, -0.25) is 9.78 Å². The standard InChI is InChI=1S/C16H10F3N3O2S/c17-16(18,19)24-12-3-1-2-11(9-12)21-14-13(25-15(23)22-14)8-10-4-6-20-7-5-10/h1-9H,(H,21,22,23). The molecule has 5 nitrogen and oxygen atoms in total. The van der Waals surface area contributed by atoms with E-state index in [-0.39, 0.29) is 22.5 Å². The van der Waals surface area contributed by atoms with Crippen molar-refractivity contribution < 1.29 is 22.7 Å². The number of carbonyl (C=O) groups excluding carboxylic acids is 1. The maximum absolute atomic E-state index is 12.3. The molecule has 1 amide bonds. The Morgan fingerprint density at radius 3 is 2.68 bits per heavy atom. The lowest BCUT2D eigenvalue weighted by molar-refractivity contribution is -0.274. The Hall–Kier alpha value is -2.81. The predicted molar refractivity (Wildman–Crippen MR) is 88.6 cm³/mol. The molecule has 128 valence electrons. The summed E-state index contributed by atoms with van der Waals surface area (Å²) in [5, 5.41) is 2.25. The molecule has 1 aromatic carbocycles. The summed E-state index contributed by atoms with van der Waals surface area (Å²) < 4.78 is 40.8. The first-order valence-electron chi connectivity index (χ1n) is 6.94. The lowest BCUT2D eigenvalue weighted by Gasteiger charge is -2.09. The number of benzene rings is 1. The van der Waals surface area contributed by atoms with Gasteiger partial charge in [0.2, 0.25) is 0 Å². The van der Waals surface area contributed by atoms with E-state index in [2.05, 4.69) is 20.0 Å². The fourth-order valence-corrected chi connectivity index (χ4v) is 2.74. The first-order valence-corrected chi connectivity index (χ1v) is 7.76. The summed E-state index contributed by atoms with van der Waals surface area (Å²) in [4.78, 5) is 20.3. The van der Waals surface area contributed by atoms with Crippen molar-refractivity contribution >= 4 is 34.6 Å². The number of alkyl halides is 3. The van der Waals surface area contributed by atoms with E-state index in [1.807, 2.05) is 0 Å². The number of rotatable bonds is 3. The average molecular weight is 365 g/mol. The molecular formula is C16H10F3N3O2S. The molecule has 1 aliphatic rings. The number of amides is 1. The number of halogens is 3. The molecule has 2 aromatic rings. The molecule has 3 rings (SSSR count). The highest BCUT2D eigenvalue weighted by Gasteiger charge is 2.31. The molecule has 0 aliphatic carbocycles. The fourth-order valence-electron chi connectivity index (χ4n) is 2.00. The molecule has 0 bridgehead atoms. The Balaban J connectivity index is 1.90. The number of pyridine rings is 1. The smallest absolute Gasteiger partial charge is 0.406 e. The second-order valence-electron chi connectivity index (χ2n) is 4.81. The number of nitrogens with one attached hydrogen (secondary N) is 1. The average Bonchev–Trinajstić information content (AvgIpc) is 2.86. The molecule has 1 aromatic heterocycles. The molecule has 2 heterocycles. The van der Waals surface area contributed by atoms with Crippen LogP contribution in [0.2, 0.25) is 0 Å². The summed E-state index contributed by atoms with van der Waals surface area (Å²) in [7, 11) is 0. The number of carbonyl (C=O) groups is 1. The van der Waals surface area contributed by atoms with Crippen molar-refractivity contribution in [2.24, 2.45) is 4.99 Å². The highest BCUT2D eigenvalue weighted by molar-refractivity contribution is 8.18. The van der Waals surface area contributed by atoms with Crippen molar-refractivity contribution in [1.82, 2.24) is 10.3 Å². The predicted octanol–water partition coefficient (Wildman–Crippen LogP) is 4.51. The number of aromatic nitrogens is 1. The van der Waals surface area contributed by atoms with E-state index >= 15 is 0 Å². The first kappa shape index (κ1) is 17.0. The lowest BCUT2D eigenvalue weighted by Crippen LogP contribution is -2.18. The number of aliphatic imine (C=N–C) groups is 1. The Morgan fingerprint density at radius 1 is 1.20 bits per heavy atom. The van der Waals surface area contributed by atoms with Gasteiger partial charge in [-0.2, -0.15) is 0 Å². The maximum Gasteiger partial charge on any atom is 0.573 e. The molecule has 0 saturated carbocycles. The van der Waals surface area contributed by atoms with Gasteiger partial charge in [0, 0.05) is 18.5 Å². The molecule has 1 saturated heterocycles. The molecule has 0 unspecified atom stereocenters. The van der Waals surface area contributed by atoms with Crippen LogP contribution in [0.25, 0.3) is 6.08 Å². The fraction of sp³-hybridized carbons (Fsp3) is 0.0625. The zero-order valence-corrected chi connectivity index (χ0v) is 13.3. The van der Waals surface area contributed by atoms with E-state index in [1.54, 1.807) is 30.6 Å². The van der Waals surface area contributed by atoms with Crippen LogP contribution in [0.4, 0.5) is 23.7 Å². The Kier molecular flexibility index (Phi) is 4.75. The van der Waals surface area contributed by atoms with Crippen molar-refractivity contribution in [3.63, 3.8) is 0 Å². The van der Waals surface area contributed by atoms with E-state index in [9.17, 15) is 18.0 Å². The van der Waals surface area contributed by atoms with E-state index < -0.39 is 6.36 Å². The summed E-state index contributed by atoms with van der Waals surface area (Å²) >= 11 is 0.951. The van der Waals surface area contributed by atoms with Gasteiger partial charge in [0.15, 0.2) is 0 Å². The van der Waals surface area contributed by atoms with Gasteiger partial charge in [-0.25, -0.2) is 4.99 Å². The third-order valence-corrected chi connectivity index (χ3v) is 3.77. The molecule has 25 heavy (non-hydrogen) atoms. The normalized spacial score (nSPS) is 17.8. The maximum atomic E-state index is 12.3. The van der Waals surface area contributed by atoms with Crippen molar-refractivity contribution in [3.8, 4) is 5.75 Å².